The fraction of sp³-hybridized carbons (Fsp3) is 0.550. The number of fused-ring (bicyclic) bond motifs is 1. The minimum absolute atomic E-state index is 0.197. The quantitative estimate of drug-likeness (QED) is 0.569. The molecule has 0 bridgehead atoms. The van der Waals surface area contributed by atoms with E-state index in [9.17, 15) is 4.79 Å². The van der Waals surface area contributed by atoms with Gasteiger partial charge in [-0.3, -0.25) is 9.69 Å². The molecule has 4 heterocycles. The van der Waals surface area contributed by atoms with E-state index in [1.54, 1.807) is 17.5 Å². The maximum atomic E-state index is 12.4. The summed E-state index contributed by atoms with van der Waals surface area (Å²) >= 11 is 1.69. The van der Waals surface area contributed by atoms with Crippen molar-refractivity contribution in [2.24, 2.45) is 11.8 Å². The Balaban J connectivity index is 1.01. The Morgan fingerprint density at radius 1 is 1.31 bits per heavy atom. The second-order valence-electron chi connectivity index (χ2n) is 7.96. The van der Waals surface area contributed by atoms with Crippen LogP contribution in [0.3, 0.4) is 0 Å². The maximum Gasteiger partial charge on any atom is 0.223 e. The summed E-state index contributed by atoms with van der Waals surface area (Å²) in [7, 11) is 0. The lowest BCUT2D eigenvalue weighted by atomic mass is 10.2. The zero-order valence-corrected chi connectivity index (χ0v) is 17.2. The average Bonchev–Trinajstić information content (AvgIpc) is 3.13. The van der Waals surface area contributed by atoms with E-state index < -0.39 is 0 Å². The molecular formula is C20H26N6O2S. The third kappa shape index (κ3) is 4.16. The van der Waals surface area contributed by atoms with Crippen molar-refractivity contribution >= 4 is 33.3 Å². The van der Waals surface area contributed by atoms with Crippen LogP contribution in [0.5, 0.6) is 0 Å². The molecule has 1 saturated heterocycles. The first-order chi connectivity index (χ1) is 14.3. The van der Waals surface area contributed by atoms with Crippen molar-refractivity contribution in [3.05, 3.63) is 30.2 Å². The molecule has 1 amide bonds. The van der Waals surface area contributed by atoms with Gasteiger partial charge in [0.15, 0.2) is 11.4 Å². The summed E-state index contributed by atoms with van der Waals surface area (Å²) < 4.78 is 8.58. The fourth-order valence-electron chi connectivity index (χ4n) is 4.14. The zero-order valence-electron chi connectivity index (χ0n) is 16.4. The van der Waals surface area contributed by atoms with Gasteiger partial charge in [-0.25, -0.2) is 4.98 Å². The second-order valence-corrected chi connectivity index (χ2v) is 8.87. The number of hydrogen-bond acceptors (Lipinski definition) is 7. The molecule has 8 nitrogen and oxygen atoms in total. The van der Waals surface area contributed by atoms with Crippen molar-refractivity contribution in [3.63, 3.8) is 0 Å². The van der Waals surface area contributed by atoms with Gasteiger partial charge >= 0.3 is 0 Å². The molecule has 0 aromatic carbocycles. The van der Waals surface area contributed by atoms with E-state index in [1.165, 1.54) is 0 Å². The van der Waals surface area contributed by atoms with Crippen LogP contribution in [0.4, 0.5) is 5.82 Å². The normalized spacial score (nSPS) is 22.3. The summed E-state index contributed by atoms with van der Waals surface area (Å²) in [6.07, 6.45) is 7.49. The molecule has 1 aliphatic carbocycles. The number of imidazole rings is 1. The Morgan fingerprint density at radius 3 is 3.03 bits per heavy atom. The summed E-state index contributed by atoms with van der Waals surface area (Å²) in [5, 5.41) is 9.39. The van der Waals surface area contributed by atoms with Crippen molar-refractivity contribution in [1.82, 2.24) is 24.9 Å². The molecule has 29 heavy (non-hydrogen) atoms. The lowest BCUT2D eigenvalue weighted by Crippen LogP contribution is -2.47. The van der Waals surface area contributed by atoms with Gasteiger partial charge in [0.05, 0.1) is 6.33 Å². The summed E-state index contributed by atoms with van der Waals surface area (Å²) in [6, 6.07) is 1.97. The lowest BCUT2D eigenvalue weighted by Gasteiger charge is -2.34. The molecule has 1 aliphatic heterocycles. The van der Waals surface area contributed by atoms with Crippen LogP contribution in [-0.4, -0.2) is 64.8 Å². The highest BCUT2D eigenvalue weighted by Crippen LogP contribution is 2.39. The van der Waals surface area contributed by atoms with Gasteiger partial charge in [0.2, 0.25) is 5.91 Å². The van der Waals surface area contributed by atoms with E-state index in [2.05, 4.69) is 25.3 Å². The number of nitrogens with zero attached hydrogens (tertiary/aromatic N) is 5. The smallest absolute Gasteiger partial charge is 0.223 e. The molecule has 5 rings (SSSR count). The van der Waals surface area contributed by atoms with Gasteiger partial charge < -0.3 is 19.3 Å². The Kier molecular flexibility index (Phi) is 5.24. The molecule has 2 aliphatic rings. The Morgan fingerprint density at radius 2 is 2.21 bits per heavy atom. The van der Waals surface area contributed by atoms with Crippen molar-refractivity contribution in [3.8, 4) is 0 Å². The van der Waals surface area contributed by atoms with Gasteiger partial charge in [-0.15, -0.1) is 11.3 Å². The largest absolute Gasteiger partial charge is 0.356 e. The van der Waals surface area contributed by atoms with Crippen LogP contribution in [0.2, 0.25) is 0 Å². The first-order valence-electron chi connectivity index (χ1n) is 10.3. The van der Waals surface area contributed by atoms with Gasteiger partial charge in [-0.05, 0) is 30.2 Å². The number of carbonyl (C=O) groups excluding carboxylic acids is 1. The molecule has 9 heteroatoms. The number of amides is 1. The Labute approximate surface area is 173 Å². The molecular weight excluding hydrogens is 388 g/mol. The summed E-state index contributed by atoms with van der Waals surface area (Å²) in [5.74, 6) is 1.91. The highest BCUT2D eigenvalue weighted by Gasteiger charge is 2.43. The van der Waals surface area contributed by atoms with Crippen LogP contribution < -0.4 is 10.2 Å². The number of hydrogen-bond donors (Lipinski definition) is 1. The number of rotatable bonds is 8. The van der Waals surface area contributed by atoms with E-state index in [0.29, 0.717) is 5.92 Å². The number of piperazine rings is 1. The van der Waals surface area contributed by atoms with Crippen molar-refractivity contribution in [2.45, 2.75) is 19.4 Å². The van der Waals surface area contributed by atoms with Crippen LogP contribution in [0.15, 0.2) is 34.7 Å². The molecule has 1 saturated carbocycles. The van der Waals surface area contributed by atoms with Crippen LogP contribution in [0.1, 0.15) is 12.8 Å². The first kappa shape index (κ1) is 18.6. The standard InChI is InChI=1S/C20H26N6O2S/c27-20(22-3-1-5-25-6-4-21-14-25)16-12-15(16)13-24-7-9-26(10-8-24)19-18-17(28-23-19)2-11-29-18/h2,4,6,11,14-16H,1,3,5,7-10,12-13H2,(H,22,27)/t15-,16+/m1/s1. The number of thiophene rings is 1. The lowest BCUT2D eigenvalue weighted by molar-refractivity contribution is -0.122. The van der Waals surface area contributed by atoms with E-state index in [4.69, 9.17) is 4.52 Å². The molecule has 154 valence electrons. The molecule has 0 radical (unpaired) electrons. The maximum absolute atomic E-state index is 12.4. The molecule has 2 fully saturated rings. The van der Waals surface area contributed by atoms with Gasteiger partial charge in [-0.1, -0.05) is 5.16 Å². The van der Waals surface area contributed by atoms with E-state index in [1.807, 2.05) is 28.5 Å². The van der Waals surface area contributed by atoms with Gasteiger partial charge in [0, 0.05) is 64.1 Å². The van der Waals surface area contributed by atoms with Gasteiger partial charge in [0.1, 0.15) is 4.70 Å². The molecule has 0 spiro atoms. The van der Waals surface area contributed by atoms with E-state index in [0.717, 1.165) is 74.8 Å². The number of aryl methyl sites for hydroxylation is 1. The summed E-state index contributed by atoms with van der Waals surface area (Å²) in [4.78, 5) is 21.2. The van der Waals surface area contributed by atoms with Crippen molar-refractivity contribution < 1.29 is 9.32 Å². The topological polar surface area (TPSA) is 79.4 Å². The predicted octanol–water partition coefficient (Wildman–Crippen LogP) is 2.05. The van der Waals surface area contributed by atoms with Crippen LogP contribution >= 0.6 is 11.3 Å². The van der Waals surface area contributed by atoms with Crippen molar-refractivity contribution in [1.29, 1.82) is 0 Å². The highest BCUT2D eigenvalue weighted by molar-refractivity contribution is 7.17. The summed E-state index contributed by atoms with van der Waals surface area (Å²) in [5.41, 5.74) is 0.879. The van der Waals surface area contributed by atoms with Crippen molar-refractivity contribution in [2.75, 3.05) is 44.2 Å². The van der Waals surface area contributed by atoms with Gasteiger partial charge in [-0.2, -0.15) is 0 Å². The average molecular weight is 415 g/mol. The first-order valence-corrected chi connectivity index (χ1v) is 11.2. The number of aromatic nitrogens is 3. The second kappa shape index (κ2) is 8.16. The SMILES string of the molecule is O=C(NCCCn1ccnc1)[C@H]1C[C@@H]1CN1CCN(c2noc3ccsc23)CC1. The molecule has 2 atom stereocenters. The fourth-order valence-corrected chi connectivity index (χ4v) is 4.96. The molecule has 3 aromatic heterocycles. The van der Waals surface area contributed by atoms with E-state index >= 15 is 0 Å². The third-order valence-electron chi connectivity index (χ3n) is 5.94. The molecule has 1 N–H and O–H groups in total. The Hall–Kier alpha value is -2.39. The minimum Gasteiger partial charge on any atom is -0.356 e. The minimum atomic E-state index is 0.197. The highest BCUT2D eigenvalue weighted by atomic mass is 32.1. The molecule has 0 unspecified atom stereocenters. The third-order valence-corrected chi connectivity index (χ3v) is 6.83. The summed E-state index contributed by atoms with van der Waals surface area (Å²) in [6.45, 7) is 6.57. The number of carbonyl (C=O) groups is 1. The number of anilines is 1. The Bertz CT molecular complexity index is 943. The van der Waals surface area contributed by atoms with Crippen LogP contribution in [-0.2, 0) is 11.3 Å². The monoisotopic (exact) mass is 414 g/mol. The molecule has 3 aromatic rings. The van der Waals surface area contributed by atoms with E-state index in [-0.39, 0.29) is 11.8 Å². The van der Waals surface area contributed by atoms with Crippen LogP contribution in [0.25, 0.3) is 10.3 Å². The van der Waals surface area contributed by atoms with Gasteiger partial charge in [0.25, 0.3) is 0 Å². The predicted molar refractivity (Wildman–Crippen MR) is 112 cm³/mol. The van der Waals surface area contributed by atoms with Crippen LogP contribution in [0, 0.1) is 11.8 Å². The zero-order chi connectivity index (χ0) is 19.6. The number of nitrogens with one attached hydrogen (secondary N) is 1.